The van der Waals surface area contributed by atoms with Crippen LogP contribution in [-0.4, -0.2) is 39.8 Å². The zero-order valence-corrected chi connectivity index (χ0v) is 17.9. The van der Waals surface area contributed by atoms with Gasteiger partial charge in [0, 0.05) is 48.9 Å². The van der Waals surface area contributed by atoms with Gasteiger partial charge in [-0.1, -0.05) is 19.1 Å². The number of aryl methyl sites for hydroxylation is 2. The number of piperidine rings is 1. The first kappa shape index (κ1) is 21.9. The Morgan fingerprint density at radius 2 is 1.83 bits per heavy atom. The van der Waals surface area contributed by atoms with Gasteiger partial charge in [-0.25, -0.2) is 14.4 Å². The van der Waals surface area contributed by atoms with Crippen molar-refractivity contribution < 1.29 is 14.0 Å². The highest BCUT2D eigenvalue weighted by Crippen LogP contribution is 2.26. The summed E-state index contributed by atoms with van der Waals surface area (Å²) in [7, 11) is 0. The number of carbonyl (C=O) groups excluding carboxylic acids is 2. The van der Waals surface area contributed by atoms with Crippen LogP contribution in [0.5, 0.6) is 0 Å². The Balaban J connectivity index is 1.64. The van der Waals surface area contributed by atoms with E-state index in [2.05, 4.69) is 15.3 Å². The summed E-state index contributed by atoms with van der Waals surface area (Å²) in [5.41, 5.74) is 3.27. The molecule has 1 atom stereocenters. The molecule has 0 spiro atoms. The van der Waals surface area contributed by atoms with Crippen LogP contribution in [0.1, 0.15) is 60.4 Å². The summed E-state index contributed by atoms with van der Waals surface area (Å²) in [6, 6.07) is 6.06. The largest absolute Gasteiger partial charge is 0.352 e. The van der Waals surface area contributed by atoms with Crippen LogP contribution in [0, 0.1) is 19.7 Å². The second-order valence-electron chi connectivity index (χ2n) is 7.84. The Morgan fingerprint density at radius 1 is 1.17 bits per heavy atom. The van der Waals surface area contributed by atoms with E-state index in [1.165, 1.54) is 12.1 Å². The average Bonchev–Trinajstić information content (AvgIpc) is 2.75. The smallest absolute Gasteiger partial charge is 0.224 e. The number of carbonyl (C=O) groups is 2. The van der Waals surface area contributed by atoms with Crippen molar-refractivity contribution in [3.8, 4) is 0 Å². The minimum Gasteiger partial charge on any atom is -0.352 e. The average molecular weight is 413 g/mol. The number of benzene rings is 1. The Bertz CT molecular complexity index is 891. The quantitative estimate of drug-likeness (QED) is 0.791. The number of hydrogen-bond donors (Lipinski definition) is 1. The van der Waals surface area contributed by atoms with Crippen molar-refractivity contribution in [2.24, 2.45) is 0 Å². The molecule has 30 heavy (non-hydrogen) atoms. The lowest BCUT2D eigenvalue weighted by atomic mass is 9.96. The van der Waals surface area contributed by atoms with Gasteiger partial charge < -0.3 is 10.2 Å². The molecule has 2 heterocycles. The van der Waals surface area contributed by atoms with Crippen LogP contribution in [0.15, 0.2) is 24.3 Å². The van der Waals surface area contributed by atoms with Crippen LogP contribution < -0.4 is 5.32 Å². The summed E-state index contributed by atoms with van der Waals surface area (Å²) in [6.07, 6.45) is 2.62. The van der Waals surface area contributed by atoms with Gasteiger partial charge in [-0.2, -0.15) is 0 Å². The molecule has 1 saturated heterocycles. The molecule has 1 aliphatic rings. The van der Waals surface area contributed by atoms with Gasteiger partial charge >= 0.3 is 0 Å². The van der Waals surface area contributed by atoms with Gasteiger partial charge in [-0.05, 0) is 44.4 Å². The van der Waals surface area contributed by atoms with E-state index in [1.807, 2.05) is 25.7 Å². The maximum atomic E-state index is 13.0. The van der Waals surface area contributed by atoms with Crippen molar-refractivity contribution in [2.45, 2.75) is 58.9 Å². The first-order valence-corrected chi connectivity index (χ1v) is 10.5. The fraction of sp³-hybridized carbons (Fsp3) is 0.478. The molecule has 1 aliphatic heterocycles. The zero-order chi connectivity index (χ0) is 21.7. The number of aromatic nitrogens is 2. The number of hydrogen-bond acceptors (Lipinski definition) is 4. The van der Waals surface area contributed by atoms with Gasteiger partial charge in [-0.3, -0.25) is 9.59 Å². The molecule has 0 radical (unpaired) electrons. The third-order valence-electron chi connectivity index (χ3n) is 5.62. The van der Waals surface area contributed by atoms with Crippen LogP contribution >= 0.6 is 0 Å². The van der Waals surface area contributed by atoms with Gasteiger partial charge in [0.1, 0.15) is 11.6 Å². The normalized spacial score (nSPS) is 16.4. The Hall–Kier alpha value is -2.83. The third kappa shape index (κ3) is 5.40. The molecule has 1 N–H and O–H groups in total. The van der Waals surface area contributed by atoms with Crippen molar-refractivity contribution in [3.63, 3.8) is 0 Å². The van der Waals surface area contributed by atoms with Gasteiger partial charge in [0.15, 0.2) is 0 Å². The van der Waals surface area contributed by atoms with Crippen LogP contribution in [0.2, 0.25) is 0 Å². The molecule has 1 fully saturated rings. The molecule has 7 heteroatoms. The molecular formula is C23H29FN4O2. The number of rotatable bonds is 6. The Morgan fingerprint density at radius 3 is 2.47 bits per heavy atom. The highest BCUT2D eigenvalue weighted by Gasteiger charge is 2.26. The van der Waals surface area contributed by atoms with E-state index in [0.717, 1.165) is 47.7 Å². The molecule has 0 unspecified atom stereocenters. The van der Waals surface area contributed by atoms with Crippen molar-refractivity contribution >= 4 is 11.8 Å². The second-order valence-corrected chi connectivity index (χ2v) is 7.84. The molecule has 2 aromatic rings. The number of halogens is 1. The molecule has 0 bridgehead atoms. The monoisotopic (exact) mass is 412 g/mol. The lowest BCUT2D eigenvalue weighted by Gasteiger charge is -2.32. The summed E-state index contributed by atoms with van der Waals surface area (Å²) in [5, 5.41) is 2.86. The number of amides is 2. The van der Waals surface area contributed by atoms with E-state index in [9.17, 15) is 14.0 Å². The molecule has 160 valence electrons. The Kier molecular flexibility index (Phi) is 7.13. The molecule has 6 nitrogen and oxygen atoms in total. The zero-order valence-electron chi connectivity index (χ0n) is 17.9. The number of likely N-dealkylation sites (tertiary alicyclic amines) is 1. The number of nitrogens with one attached hydrogen (secondary N) is 1. The van der Waals surface area contributed by atoms with Crippen LogP contribution in [0.25, 0.3) is 0 Å². The first-order valence-electron chi connectivity index (χ1n) is 10.5. The maximum absolute atomic E-state index is 13.0. The summed E-state index contributed by atoms with van der Waals surface area (Å²) >= 11 is 0. The van der Waals surface area contributed by atoms with E-state index >= 15 is 0 Å². The van der Waals surface area contributed by atoms with E-state index in [1.54, 1.807) is 12.1 Å². The summed E-state index contributed by atoms with van der Waals surface area (Å²) in [4.78, 5) is 35.7. The predicted molar refractivity (Wildman–Crippen MR) is 112 cm³/mol. The second kappa shape index (κ2) is 9.78. The highest BCUT2D eigenvalue weighted by molar-refractivity contribution is 5.79. The molecule has 1 aromatic carbocycles. The highest BCUT2D eigenvalue weighted by atomic mass is 19.1. The molecule has 3 rings (SSSR count). The first-order chi connectivity index (χ1) is 14.4. The summed E-state index contributed by atoms with van der Waals surface area (Å²) < 4.78 is 13.0. The van der Waals surface area contributed by atoms with Crippen LogP contribution in [-0.2, 0) is 22.6 Å². The fourth-order valence-electron chi connectivity index (χ4n) is 3.87. The van der Waals surface area contributed by atoms with E-state index < -0.39 is 0 Å². The van der Waals surface area contributed by atoms with Gasteiger partial charge in [-0.15, -0.1) is 0 Å². The molecular weight excluding hydrogens is 383 g/mol. The van der Waals surface area contributed by atoms with E-state index in [-0.39, 0.29) is 30.0 Å². The molecule has 2 amide bonds. The lowest BCUT2D eigenvalue weighted by Crippen LogP contribution is -2.39. The van der Waals surface area contributed by atoms with E-state index in [0.29, 0.717) is 19.5 Å². The summed E-state index contributed by atoms with van der Waals surface area (Å²) in [5.74, 6) is 0.637. The maximum Gasteiger partial charge on any atom is 0.224 e. The van der Waals surface area contributed by atoms with Crippen molar-refractivity contribution in [1.82, 2.24) is 20.2 Å². The number of nitrogens with zero attached hydrogens (tertiary/aromatic N) is 3. The minimum atomic E-state index is -0.297. The standard InChI is InChI=1S/C23H29FN4O2/c1-4-22(30)28-11-5-6-18(14-28)23-26-15(2)20(16(3)27-23)12-21(29)25-13-17-7-9-19(24)10-8-17/h7-10,18H,4-6,11-14H2,1-3H3,(H,25,29)/t18-/m1/s1. The third-order valence-corrected chi connectivity index (χ3v) is 5.62. The SMILES string of the molecule is CCC(=O)N1CCC[C@@H](c2nc(C)c(CC(=O)NCc3ccc(F)cc3)c(C)n2)C1. The van der Waals surface area contributed by atoms with E-state index in [4.69, 9.17) is 0 Å². The topological polar surface area (TPSA) is 75.2 Å². The predicted octanol–water partition coefficient (Wildman–Crippen LogP) is 3.21. The minimum absolute atomic E-state index is 0.126. The van der Waals surface area contributed by atoms with Gasteiger partial charge in [0.2, 0.25) is 11.8 Å². The van der Waals surface area contributed by atoms with Gasteiger partial charge in [0.05, 0.1) is 6.42 Å². The van der Waals surface area contributed by atoms with Crippen molar-refractivity contribution in [1.29, 1.82) is 0 Å². The summed E-state index contributed by atoms with van der Waals surface area (Å²) in [6.45, 7) is 7.49. The Labute approximate surface area is 176 Å². The molecule has 0 aliphatic carbocycles. The fourth-order valence-corrected chi connectivity index (χ4v) is 3.87. The van der Waals surface area contributed by atoms with Gasteiger partial charge in [0.25, 0.3) is 0 Å². The molecule has 1 aromatic heterocycles. The molecule has 0 saturated carbocycles. The van der Waals surface area contributed by atoms with Crippen molar-refractivity contribution in [2.75, 3.05) is 13.1 Å². The van der Waals surface area contributed by atoms with Crippen LogP contribution in [0.4, 0.5) is 4.39 Å². The van der Waals surface area contributed by atoms with Crippen LogP contribution in [0.3, 0.4) is 0 Å². The lowest BCUT2D eigenvalue weighted by molar-refractivity contribution is -0.132. The van der Waals surface area contributed by atoms with Crippen molar-refractivity contribution in [3.05, 3.63) is 58.4 Å².